The van der Waals surface area contributed by atoms with Crippen molar-refractivity contribution in [3.05, 3.63) is 33.6 Å². The molecule has 2 heterocycles. The Morgan fingerprint density at radius 1 is 1.40 bits per heavy atom. The summed E-state index contributed by atoms with van der Waals surface area (Å²) in [6, 6.07) is 5.45. The third-order valence-electron chi connectivity index (χ3n) is 3.22. The number of benzene rings is 1. The minimum Gasteiger partial charge on any atom is -0.376 e. The fraction of sp³-hybridized carbons (Fsp3) is 0.357. The molecule has 106 valence electrons. The van der Waals surface area contributed by atoms with Crippen molar-refractivity contribution in [2.75, 3.05) is 18.5 Å². The maximum Gasteiger partial charge on any atom is 0.183 e. The summed E-state index contributed by atoms with van der Waals surface area (Å²) in [4.78, 5) is 4.56. The first kappa shape index (κ1) is 14.1. The molecule has 0 amide bonds. The van der Waals surface area contributed by atoms with Gasteiger partial charge in [-0.05, 0) is 31.0 Å². The molecule has 0 radical (unpaired) electrons. The van der Waals surface area contributed by atoms with E-state index < -0.39 is 0 Å². The molecule has 2 aromatic rings. The van der Waals surface area contributed by atoms with Crippen LogP contribution in [0.3, 0.4) is 0 Å². The topological polar surface area (TPSA) is 34.1 Å². The Morgan fingerprint density at radius 3 is 3.05 bits per heavy atom. The first-order valence-electron chi connectivity index (χ1n) is 6.49. The van der Waals surface area contributed by atoms with Gasteiger partial charge in [-0.2, -0.15) is 0 Å². The van der Waals surface area contributed by atoms with Gasteiger partial charge < -0.3 is 10.1 Å². The maximum atomic E-state index is 6.19. The average molecular weight is 329 g/mol. The van der Waals surface area contributed by atoms with Crippen molar-refractivity contribution in [1.82, 2.24) is 4.98 Å². The summed E-state index contributed by atoms with van der Waals surface area (Å²) in [5.41, 5.74) is 1.77. The Hall–Kier alpha value is -0.810. The fourth-order valence-corrected chi connectivity index (χ4v) is 3.41. The van der Waals surface area contributed by atoms with Gasteiger partial charge in [0.15, 0.2) is 5.13 Å². The van der Waals surface area contributed by atoms with Crippen molar-refractivity contribution >= 4 is 39.7 Å². The zero-order valence-electron chi connectivity index (χ0n) is 10.7. The van der Waals surface area contributed by atoms with E-state index in [1.54, 1.807) is 17.4 Å². The van der Waals surface area contributed by atoms with Gasteiger partial charge in [-0.1, -0.05) is 23.2 Å². The van der Waals surface area contributed by atoms with Gasteiger partial charge in [0, 0.05) is 29.1 Å². The second kappa shape index (κ2) is 6.31. The van der Waals surface area contributed by atoms with Gasteiger partial charge in [-0.3, -0.25) is 0 Å². The lowest BCUT2D eigenvalue weighted by Crippen LogP contribution is -2.18. The Bertz CT molecular complexity index is 597. The van der Waals surface area contributed by atoms with Crippen molar-refractivity contribution in [2.24, 2.45) is 0 Å². The largest absolute Gasteiger partial charge is 0.376 e. The Labute approximate surface area is 131 Å². The summed E-state index contributed by atoms with van der Waals surface area (Å²) in [5.74, 6) is 0. The van der Waals surface area contributed by atoms with Crippen LogP contribution in [0.25, 0.3) is 11.3 Å². The van der Waals surface area contributed by atoms with Crippen LogP contribution in [0, 0.1) is 0 Å². The molecule has 1 atom stereocenters. The van der Waals surface area contributed by atoms with Crippen molar-refractivity contribution in [1.29, 1.82) is 0 Å². The lowest BCUT2D eigenvalue weighted by Gasteiger charge is -2.09. The molecule has 0 spiro atoms. The molecule has 1 saturated heterocycles. The van der Waals surface area contributed by atoms with E-state index in [9.17, 15) is 0 Å². The highest BCUT2D eigenvalue weighted by atomic mass is 35.5. The number of nitrogens with one attached hydrogen (secondary N) is 1. The summed E-state index contributed by atoms with van der Waals surface area (Å²) >= 11 is 13.7. The molecule has 1 aromatic heterocycles. The number of hydrogen-bond acceptors (Lipinski definition) is 4. The van der Waals surface area contributed by atoms with Crippen LogP contribution in [-0.2, 0) is 4.74 Å². The van der Waals surface area contributed by atoms with E-state index in [0.29, 0.717) is 16.1 Å². The highest BCUT2D eigenvalue weighted by molar-refractivity contribution is 7.14. The van der Waals surface area contributed by atoms with E-state index in [-0.39, 0.29) is 0 Å². The summed E-state index contributed by atoms with van der Waals surface area (Å²) in [7, 11) is 0. The van der Waals surface area contributed by atoms with E-state index in [2.05, 4.69) is 10.3 Å². The zero-order valence-corrected chi connectivity index (χ0v) is 13.1. The van der Waals surface area contributed by atoms with E-state index >= 15 is 0 Å². The van der Waals surface area contributed by atoms with Gasteiger partial charge in [0.05, 0.1) is 16.8 Å². The summed E-state index contributed by atoms with van der Waals surface area (Å²) < 4.78 is 5.58. The minimum atomic E-state index is 0.307. The molecular weight excluding hydrogens is 315 g/mol. The number of anilines is 1. The standard InChI is InChI=1S/C14H14Cl2N2OS/c15-9-3-4-11(12(16)6-9)13-8-20-14(18-13)17-7-10-2-1-5-19-10/h3-4,6,8,10H,1-2,5,7H2,(H,17,18)/t10-/m1/s1. The van der Waals surface area contributed by atoms with Gasteiger partial charge in [0.1, 0.15) is 0 Å². The van der Waals surface area contributed by atoms with Crippen molar-refractivity contribution in [3.63, 3.8) is 0 Å². The molecule has 0 saturated carbocycles. The smallest absolute Gasteiger partial charge is 0.183 e. The van der Waals surface area contributed by atoms with Crippen LogP contribution >= 0.6 is 34.5 Å². The van der Waals surface area contributed by atoms with Crippen molar-refractivity contribution in [3.8, 4) is 11.3 Å². The first-order valence-corrected chi connectivity index (χ1v) is 8.12. The quantitative estimate of drug-likeness (QED) is 0.882. The molecular formula is C14H14Cl2N2OS. The number of nitrogens with zero attached hydrogens (tertiary/aromatic N) is 1. The van der Waals surface area contributed by atoms with Crippen LogP contribution in [0.2, 0.25) is 10.0 Å². The summed E-state index contributed by atoms with van der Waals surface area (Å²) in [6.07, 6.45) is 2.57. The molecule has 0 aliphatic carbocycles. The Balaban J connectivity index is 1.69. The molecule has 3 rings (SSSR count). The number of halogens is 2. The first-order chi connectivity index (χ1) is 9.72. The highest BCUT2D eigenvalue weighted by Crippen LogP contribution is 2.32. The van der Waals surface area contributed by atoms with Gasteiger partial charge in [0.2, 0.25) is 0 Å². The average Bonchev–Trinajstić information content (AvgIpc) is 3.07. The van der Waals surface area contributed by atoms with Crippen LogP contribution in [0.4, 0.5) is 5.13 Å². The normalized spacial score (nSPS) is 18.4. The molecule has 3 nitrogen and oxygen atoms in total. The van der Waals surface area contributed by atoms with Gasteiger partial charge >= 0.3 is 0 Å². The van der Waals surface area contributed by atoms with E-state index in [4.69, 9.17) is 27.9 Å². The summed E-state index contributed by atoms with van der Waals surface area (Å²) in [6.45, 7) is 1.68. The van der Waals surface area contributed by atoms with E-state index in [1.807, 2.05) is 17.5 Å². The molecule has 6 heteroatoms. The molecule has 20 heavy (non-hydrogen) atoms. The monoisotopic (exact) mass is 328 g/mol. The maximum absolute atomic E-state index is 6.19. The van der Waals surface area contributed by atoms with Crippen LogP contribution < -0.4 is 5.32 Å². The number of ether oxygens (including phenoxy) is 1. The third-order valence-corrected chi connectivity index (χ3v) is 4.56. The molecule has 1 aliphatic heterocycles. The second-order valence-electron chi connectivity index (χ2n) is 4.68. The van der Waals surface area contributed by atoms with Crippen LogP contribution in [0.15, 0.2) is 23.6 Å². The molecule has 1 aromatic carbocycles. The second-order valence-corrected chi connectivity index (χ2v) is 6.38. The molecule has 1 aliphatic rings. The lowest BCUT2D eigenvalue weighted by molar-refractivity contribution is 0.120. The number of rotatable bonds is 4. The van der Waals surface area contributed by atoms with Crippen molar-refractivity contribution < 1.29 is 4.74 Å². The van der Waals surface area contributed by atoms with E-state index in [1.165, 1.54) is 0 Å². The van der Waals surface area contributed by atoms with Gasteiger partial charge in [-0.25, -0.2) is 4.98 Å². The lowest BCUT2D eigenvalue weighted by atomic mass is 10.2. The molecule has 0 bridgehead atoms. The SMILES string of the molecule is Clc1ccc(-c2csc(NC[C@H]3CCCO3)n2)c(Cl)c1. The van der Waals surface area contributed by atoms with Crippen LogP contribution in [-0.4, -0.2) is 24.2 Å². The zero-order chi connectivity index (χ0) is 13.9. The van der Waals surface area contributed by atoms with Crippen molar-refractivity contribution in [2.45, 2.75) is 18.9 Å². The number of aromatic nitrogens is 1. The molecule has 0 unspecified atom stereocenters. The third kappa shape index (κ3) is 3.26. The predicted octanol–water partition coefficient (Wildman–Crippen LogP) is 4.71. The Kier molecular flexibility index (Phi) is 4.46. The van der Waals surface area contributed by atoms with Gasteiger partial charge in [0.25, 0.3) is 0 Å². The number of hydrogen-bond donors (Lipinski definition) is 1. The van der Waals surface area contributed by atoms with Crippen LogP contribution in [0.5, 0.6) is 0 Å². The summed E-state index contributed by atoms with van der Waals surface area (Å²) in [5, 5.41) is 7.45. The molecule has 1 N–H and O–H groups in total. The Morgan fingerprint density at radius 2 is 2.30 bits per heavy atom. The molecule has 1 fully saturated rings. The van der Waals surface area contributed by atoms with Crippen LogP contribution in [0.1, 0.15) is 12.8 Å². The van der Waals surface area contributed by atoms with E-state index in [0.717, 1.165) is 42.4 Å². The predicted molar refractivity (Wildman–Crippen MR) is 85.0 cm³/mol. The minimum absolute atomic E-state index is 0.307. The fourth-order valence-electron chi connectivity index (χ4n) is 2.18. The highest BCUT2D eigenvalue weighted by Gasteiger charge is 2.16. The number of thiazole rings is 1. The van der Waals surface area contributed by atoms with Gasteiger partial charge in [-0.15, -0.1) is 11.3 Å².